The van der Waals surface area contributed by atoms with Gasteiger partial charge in [-0.2, -0.15) is 0 Å². The zero-order valence-electron chi connectivity index (χ0n) is 18.7. The minimum atomic E-state index is -4.06. The summed E-state index contributed by atoms with van der Waals surface area (Å²) in [5.74, 6) is -2.43. The molecule has 0 fully saturated rings. The predicted octanol–water partition coefficient (Wildman–Crippen LogP) is 2.60. The molecule has 0 saturated carbocycles. The molecule has 1 unspecified atom stereocenters. The van der Waals surface area contributed by atoms with E-state index in [0.717, 1.165) is 6.07 Å². The van der Waals surface area contributed by atoms with Crippen LogP contribution in [0.5, 0.6) is 0 Å². The standard InChI is InChI=1S/C25H20N2O7S/c1-13-10-11-15(12-20(13)35(26,32)33)25(31)34-14(2)24(30)27-19-9-5-8-18-21(19)23(29)17-7-4-3-6-16(17)22(18)28/h3-12,14H,1-2H3,(H,27,30)(H2,26,32,33). The van der Waals surface area contributed by atoms with Crippen molar-refractivity contribution < 1.29 is 32.3 Å². The number of anilines is 1. The molecule has 0 aromatic heterocycles. The first-order chi connectivity index (χ1) is 16.5. The number of fused-ring (bicyclic) bond motifs is 2. The van der Waals surface area contributed by atoms with Gasteiger partial charge in [0.2, 0.25) is 10.0 Å². The summed E-state index contributed by atoms with van der Waals surface area (Å²) in [4.78, 5) is 51.0. The van der Waals surface area contributed by atoms with Crippen molar-refractivity contribution >= 4 is 39.2 Å². The number of ether oxygens (including phenoxy) is 1. The average molecular weight is 493 g/mol. The highest BCUT2D eigenvalue weighted by Crippen LogP contribution is 2.32. The monoisotopic (exact) mass is 492 g/mol. The van der Waals surface area contributed by atoms with Gasteiger partial charge in [-0.25, -0.2) is 18.4 Å². The molecule has 3 aromatic rings. The molecule has 10 heteroatoms. The van der Waals surface area contributed by atoms with Crippen molar-refractivity contribution in [3.63, 3.8) is 0 Å². The third-order valence-electron chi connectivity index (χ3n) is 5.59. The Morgan fingerprint density at radius 1 is 0.914 bits per heavy atom. The molecule has 1 aliphatic rings. The van der Waals surface area contributed by atoms with Gasteiger partial charge in [0.15, 0.2) is 17.7 Å². The topological polar surface area (TPSA) is 150 Å². The van der Waals surface area contributed by atoms with Gasteiger partial charge in [0.25, 0.3) is 5.91 Å². The van der Waals surface area contributed by atoms with Crippen LogP contribution in [0.4, 0.5) is 5.69 Å². The van der Waals surface area contributed by atoms with Crippen LogP contribution in [0.15, 0.2) is 65.6 Å². The SMILES string of the molecule is Cc1ccc(C(=O)OC(C)C(=O)Nc2cccc3c2C(=O)c2ccccc2C3=O)cc1S(N)(=O)=O. The first-order valence-electron chi connectivity index (χ1n) is 10.5. The lowest BCUT2D eigenvalue weighted by molar-refractivity contribution is -0.123. The summed E-state index contributed by atoms with van der Waals surface area (Å²) in [5, 5.41) is 7.72. The molecule has 0 saturated heterocycles. The maximum absolute atomic E-state index is 13.1. The van der Waals surface area contributed by atoms with E-state index in [2.05, 4.69) is 5.32 Å². The second kappa shape index (κ2) is 8.90. The molecule has 0 bridgehead atoms. The normalized spacial score (nSPS) is 13.5. The summed E-state index contributed by atoms with van der Waals surface area (Å²) in [6.07, 6.45) is -1.31. The second-order valence-electron chi connectivity index (χ2n) is 7.99. The molecule has 178 valence electrons. The van der Waals surface area contributed by atoms with Crippen LogP contribution in [0.25, 0.3) is 0 Å². The number of nitrogens with two attached hydrogens (primary N) is 1. The lowest BCUT2D eigenvalue weighted by Gasteiger charge is -2.21. The summed E-state index contributed by atoms with van der Waals surface area (Å²) in [6.45, 7) is 2.84. The number of ketones is 2. The van der Waals surface area contributed by atoms with Crippen molar-refractivity contribution in [2.45, 2.75) is 24.8 Å². The number of hydrogen-bond donors (Lipinski definition) is 2. The Labute approximate surface area is 201 Å². The Hall–Kier alpha value is -4.15. The van der Waals surface area contributed by atoms with E-state index in [1.165, 1.54) is 44.2 Å². The molecule has 1 aliphatic carbocycles. The van der Waals surface area contributed by atoms with Crippen LogP contribution in [0, 0.1) is 6.92 Å². The van der Waals surface area contributed by atoms with Crippen molar-refractivity contribution in [2.75, 3.05) is 5.32 Å². The van der Waals surface area contributed by atoms with E-state index in [1.54, 1.807) is 24.3 Å². The van der Waals surface area contributed by atoms with Gasteiger partial charge in [-0.3, -0.25) is 14.4 Å². The number of primary sulfonamides is 1. The van der Waals surface area contributed by atoms with Gasteiger partial charge in [0.1, 0.15) is 0 Å². The highest BCUT2D eigenvalue weighted by molar-refractivity contribution is 7.89. The number of carbonyl (C=O) groups is 4. The first-order valence-corrected chi connectivity index (χ1v) is 12.0. The van der Waals surface area contributed by atoms with Gasteiger partial charge in [-0.15, -0.1) is 0 Å². The van der Waals surface area contributed by atoms with Crippen molar-refractivity contribution in [1.82, 2.24) is 0 Å². The Morgan fingerprint density at radius 3 is 2.20 bits per heavy atom. The molecule has 0 radical (unpaired) electrons. The zero-order chi connectivity index (χ0) is 25.5. The quantitative estimate of drug-likeness (QED) is 0.407. The fraction of sp³-hybridized carbons (Fsp3) is 0.120. The van der Waals surface area contributed by atoms with Crippen LogP contribution < -0.4 is 10.5 Å². The van der Waals surface area contributed by atoms with Gasteiger partial charge >= 0.3 is 5.97 Å². The smallest absolute Gasteiger partial charge is 0.338 e. The van der Waals surface area contributed by atoms with Gasteiger partial charge in [-0.1, -0.05) is 42.5 Å². The fourth-order valence-electron chi connectivity index (χ4n) is 3.80. The molecular formula is C25H20N2O7S. The van der Waals surface area contributed by atoms with Crippen LogP contribution in [0.3, 0.4) is 0 Å². The van der Waals surface area contributed by atoms with Crippen LogP contribution >= 0.6 is 0 Å². The molecule has 0 aliphatic heterocycles. The van der Waals surface area contributed by atoms with E-state index in [-0.39, 0.29) is 44.2 Å². The number of hydrogen-bond acceptors (Lipinski definition) is 7. The zero-order valence-corrected chi connectivity index (χ0v) is 19.5. The minimum Gasteiger partial charge on any atom is -0.449 e. The number of benzene rings is 3. The van der Waals surface area contributed by atoms with E-state index in [9.17, 15) is 27.6 Å². The molecule has 0 heterocycles. The average Bonchev–Trinajstić information content (AvgIpc) is 2.81. The third-order valence-corrected chi connectivity index (χ3v) is 6.65. The number of esters is 1. The van der Waals surface area contributed by atoms with Gasteiger partial charge in [0, 0.05) is 16.7 Å². The first kappa shape index (κ1) is 24.0. The maximum atomic E-state index is 13.1. The molecule has 0 spiro atoms. The van der Waals surface area contributed by atoms with E-state index in [4.69, 9.17) is 9.88 Å². The number of nitrogens with one attached hydrogen (secondary N) is 1. The lowest BCUT2D eigenvalue weighted by atomic mass is 9.83. The Balaban J connectivity index is 1.55. The lowest BCUT2D eigenvalue weighted by Crippen LogP contribution is -2.31. The van der Waals surface area contributed by atoms with Crippen LogP contribution in [-0.4, -0.2) is 38.0 Å². The summed E-state index contributed by atoms with van der Waals surface area (Å²) in [6, 6.07) is 14.8. The molecular weight excluding hydrogens is 472 g/mol. The Morgan fingerprint density at radius 2 is 1.54 bits per heavy atom. The van der Waals surface area contributed by atoms with Crippen molar-refractivity contribution in [2.24, 2.45) is 5.14 Å². The van der Waals surface area contributed by atoms with Crippen LogP contribution in [0.1, 0.15) is 54.7 Å². The molecule has 1 amide bonds. The maximum Gasteiger partial charge on any atom is 0.338 e. The van der Waals surface area contributed by atoms with Crippen molar-refractivity contribution in [1.29, 1.82) is 0 Å². The minimum absolute atomic E-state index is 0.0550. The highest BCUT2D eigenvalue weighted by atomic mass is 32.2. The van der Waals surface area contributed by atoms with Gasteiger partial charge < -0.3 is 10.1 Å². The summed E-state index contributed by atoms with van der Waals surface area (Å²) in [7, 11) is -4.06. The number of amides is 1. The van der Waals surface area contributed by atoms with Gasteiger partial charge in [0.05, 0.1) is 21.7 Å². The Kier molecular flexibility index (Phi) is 6.10. The molecule has 3 N–H and O–H groups in total. The number of sulfonamides is 1. The largest absolute Gasteiger partial charge is 0.449 e. The van der Waals surface area contributed by atoms with Gasteiger partial charge in [-0.05, 0) is 37.6 Å². The van der Waals surface area contributed by atoms with E-state index in [1.807, 2.05) is 0 Å². The number of carbonyl (C=O) groups excluding carboxylic acids is 4. The van der Waals surface area contributed by atoms with Crippen LogP contribution in [-0.2, 0) is 19.6 Å². The van der Waals surface area contributed by atoms with E-state index < -0.39 is 33.8 Å². The summed E-state index contributed by atoms with van der Waals surface area (Å²) < 4.78 is 28.6. The van der Waals surface area contributed by atoms with Crippen LogP contribution in [0.2, 0.25) is 0 Å². The highest BCUT2D eigenvalue weighted by Gasteiger charge is 2.32. The molecule has 1 atom stereocenters. The fourth-order valence-corrected chi connectivity index (χ4v) is 4.61. The molecule has 35 heavy (non-hydrogen) atoms. The van der Waals surface area contributed by atoms with Crippen molar-refractivity contribution in [3.05, 3.63) is 94.0 Å². The van der Waals surface area contributed by atoms with Crippen molar-refractivity contribution in [3.8, 4) is 0 Å². The second-order valence-corrected chi connectivity index (χ2v) is 9.52. The summed E-state index contributed by atoms with van der Waals surface area (Å²) >= 11 is 0. The van der Waals surface area contributed by atoms with E-state index >= 15 is 0 Å². The molecule has 9 nitrogen and oxygen atoms in total. The Bertz CT molecular complexity index is 1530. The number of rotatable bonds is 5. The molecule has 4 rings (SSSR count). The number of aryl methyl sites for hydroxylation is 1. The predicted molar refractivity (Wildman–Crippen MR) is 126 cm³/mol. The van der Waals surface area contributed by atoms with E-state index in [0.29, 0.717) is 5.56 Å². The molecule has 3 aromatic carbocycles. The third kappa shape index (κ3) is 4.48. The summed E-state index contributed by atoms with van der Waals surface area (Å²) in [5.41, 5.74) is 1.09.